The maximum Gasteiger partial charge on any atom is 0.249 e. The van der Waals surface area contributed by atoms with Crippen LogP contribution < -0.4 is 5.32 Å². The molecule has 0 bridgehead atoms. The molecule has 0 aliphatic carbocycles. The Morgan fingerprint density at radius 2 is 2.19 bits per heavy atom. The lowest BCUT2D eigenvalue weighted by Gasteiger charge is -2.13. The lowest BCUT2D eigenvalue weighted by molar-refractivity contribution is -0.119. The summed E-state index contributed by atoms with van der Waals surface area (Å²) in [5, 5.41) is 15.3. The molecular weight excluding hydrogens is 278 g/mol. The first-order valence-electron chi connectivity index (χ1n) is 6.14. The van der Waals surface area contributed by atoms with Gasteiger partial charge in [-0.1, -0.05) is 0 Å². The van der Waals surface area contributed by atoms with E-state index in [2.05, 4.69) is 10.4 Å². The van der Waals surface area contributed by atoms with Gasteiger partial charge in [0.15, 0.2) is 0 Å². The summed E-state index contributed by atoms with van der Waals surface area (Å²) in [7, 11) is 0. The molecule has 0 aliphatic heterocycles. The number of aryl methyl sites for hydroxylation is 1. The summed E-state index contributed by atoms with van der Waals surface area (Å²) >= 11 is 0. The van der Waals surface area contributed by atoms with E-state index in [0.29, 0.717) is 17.3 Å². The van der Waals surface area contributed by atoms with Crippen molar-refractivity contribution in [1.82, 2.24) is 9.78 Å². The number of nitriles is 1. The van der Waals surface area contributed by atoms with Gasteiger partial charge in [-0.25, -0.2) is 8.78 Å². The Morgan fingerprint density at radius 3 is 2.76 bits per heavy atom. The maximum absolute atomic E-state index is 13.5. The molecule has 1 atom stereocenters. The normalized spacial score (nSPS) is 11.8. The quantitative estimate of drug-likeness (QED) is 0.944. The molecule has 0 spiro atoms. The third kappa shape index (κ3) is 3.05. The lowest BCUT2D eigenvalue weighted by atomic mass is 10.2. The number of anilines is 1. The van der Waals surface area contributed by atoms with Gasteiger partial charge in [0, 0.05) is 12.3 Å². The fraction of sp³-hybridized carbons (Fsp3) is 0.214. The molecule has 21 heavy (non-hydrogen) atoms. The van der Waals surface area contributed by atoms with E-state index in [9.17, 15) is 13.6 Å². The zero-order chi connectivity index (χ0) is 15.6. The van der Waals surface area contributed by atoms with E-state index in [4.69, 9.17) is 5.26 Å². The molecule has 2 rings (SSSR count). The second-order valence-electron chi connectivity index (χ2n) is 4.51. The van der Waals surface area contributed by atoms with E-state index in [1.807, 2.05) is 6.07 Å². The summed E-state index contributed by atoms with van der Waals surface area (Å²) in [6.45, 7) is 3.21. The molecule has 7 heteroatoms. The third-order valence-corrected chi connectivity index (χ3v) is 3.00. The van der Waals surface area contributed by atoms with E-state index >= 15 is 0 Å². The second-order valence-corrected chi connectivity index (χ2v) is 4.51. The van der Waals surface area contributed by atoms with Crippen molar-refractivity contribution >= 4 is 11.6 Å². The molecule has 5 nitrogen and oxygen atoms in total. The molecule has 0 unspecified atom stereocenters. The summed E-state index contributed by atoms with van der Waals surface area (Å²) in [4.78, 5) is 12.0. The summed E-state index contributed by atoms with van der Waals surface area (Å²) in [6.07, 6.45) is 1.45. The number of amides is 1. The summed E-state index contributed by atoms with van der Waals surface area (Å²) in [6, 6.07) is 4.10. The standard InChI is InChI=1S/C14H12F2N4O/c1-8-10(6-17)7-20(19-8)9(2)14(21)18-13-4-3-11(15)5-12(13)16/h3-5,7,9H,1-2H3,(H,18,21)/t9-/m1/s1. The van der Waals surface area contributed by atoms with Gasteiger partial charge in [0.25, 0.3) is 0 Å². The fourth-order valence-corrected chi connectivity index (χ4v) is 1.74. The predicted octanol–water partition coefficient (Wildman–Crippen LogP) is 2.54. The largest absolute Gasteiger partial charge is 0.322 e. The summed E-state index contributed by atoms with van der Waals surface area (Å²) in [5.74, 6) is -2.10. The number of nitrogens with one attached hydrogen (secondary N) is 1. The van der Waals surface area contributed by atoms with Crippen molar-refractivity contribution < 1.29 is 13.6 Å². The van der Waals surface area contributed by atoms with Crippen LogP contribution in [-0.4, -0.2) is 15.7 Å². The van der Waals surface area contributed by atoms with Gasteiger partial charge in [0.2, 0.25) is 5.91 Å². The van der Waals surface area contributed by atoms with Crippen LogP contribution in [0.5, 0.6) is 0 Å². The zero-order valence-corrected chi connectivity index (χ0v) is 11.4. The highest BCUT2D eigenvalue weighted by Crippen LogP contribution is 2.17. The predicted molar refractivity (Wildman–Crippen MR) is 71.4 cm³/mol. The zero-order valence-electron chi connectivity index (χ0n) is 11.4. The van der Waals surface area contributed by atoms with Gasteiger partial charge in [0.05, 0.1) is 16.9 Å². The monoisotopic (exact) mass is 290 g/mol. The van der Waals surface area contributed by atoms with Crippen LogP contribution in [0.4, 0.5) is 14.5 Å². The number of aromatic nitrogens is 2. The number of carbonyl (C=O) groups is 1. The Labute approximate surface area is 119 Å². The van der Waals surface area contributed by atoms with Crippen molar-refractivity contribution in [1.29, 1.82) is 5.26 Å². The first-order chi connectivity index (χ1) is 9.92. The van der Waals surface area contributed by atoms with Gasteiger partial charge >= 0.3 is 0 Å². The van der Waals surface area contributed by atoms with Crippen molar-refractivity contribution in [2.45, 2.75) is 19.9 Å². The smallest absolute Gasteiger partial charge is 0.249 e. The van der Waals surface area contributed by atoms with E-state index in [1.165, 1.54) is 10.9 Å². The van der Waals surface area contributed by atoms with Crippen molar-refractivity contribution in [3.8, 4) is 6.07 Å². The topological polar surface area (TPSA) is 70.7 Å². The highest BCUT2D eigenvalue weighted by molar-refractivity contribution is 5.93. The molecule has 0 fully saturated rings. The van der Waals surface area contributed by atoms with Gasteiger partial charge in [0.1, 0.15) is 23.7 Å². The second kappa shape index (κ2) is 5.71. The SMILES string of the molecule is Cc1nn([C@H](C)C(=O)Nc2ccc(F)cc2F)cc1C#N. The molecule has 1 aromatic heterocycles. The Balaban J connectivity index is 2.17. The minimum Gasteiger partial charge on any atom is -0.322 e. The molecule has 0 aliphatic rings. The lowest BCUT2D eigenvalue weighted by Crippen LogP contribution is -2.24. The van der Waals surface area contributed by atoms with E-state index in [-0.39, 0.29) is 5.69 Å². The first-order valence-corrected chi connectivity index (χ1v) is 6.14. The molecule has 108 valence electrons. The van der Waals surface area contributed by atoms with Gasteiger partial charge in [-0.2, -0.15) is 10.4 Å². The first kappa shape index (κ1) is 14.7. The number of hydrogen-bond acceptors (Lipinski definition) is 3. The molecule has 1 aromatic carbocycles. The molecule has 0 saturated heterocycles. The molecule has 1 N–H and O–H groups in total. The molecule has 0 radical (unpaired) electrons. The van der Waals surface area contributed by atoms with Gasteiger partial charge in [-0.05, 0) is 26.0 Å². The van der Waals surface area contributed by atoms with E-state index in [1.54, 1.807) is 13.8 Å². The number of hydrogen-bond donors (Lipinski definition) is 1. The van der Waals surface area contributed by atoms with Crippen LogP contribution in [0.1, 0.15) is 24.2 Å². The van der Waals surface area contributed by atoms with Crippen LogP contribution in [0, 0.1) is 29.9 Å². The minimum atomic E-state index is -0.857. The Bertz CT molecular complexity index is 733. The number of rotatable bonds is 3. The Kier molecular flexibility index (Phi) is 3.98. The van der Waals surface area contributed by atoms with E-state index in [0.717, 1.165) is 12.1 Å². The van der Waals surface area contributed by atoms with Crippen LogP contribution in [-0.2, 0) is 4.79 Å². The van der Waals surface area contributed by atoms with Crippen LogP contribution in [0.2, 0.25) is 0 Å². The number of carbonyl (C=O) groups excluding carboxylic acids is 1. The van der Waals surface area contributed by atoms with Crippen molar-refractivity contribution in [2.75, 3.05) is 5.32 Å². The number of halogens is 2. The number of benzene rings is 1. The highest BCUT2D eigenvalue weighted by Gasteiger charge is 2.19. The van der Waals surface area contributed by atoms with E-state index < -0.39 is 23.6 Å². The van der Waals surface area contributed by atoms with Crippen molar-refractivity contribution in [2.24, 2.45) is 0 Å². The average molecular weight is 290 g/mol. The minimum absolute atomic E-state index is 0.113. The van der Waals surface area contributed by atoms with Gasteiger partial charge in [-0.3, -0.25) is 9.48 Å². The molecule has 0 saturated carbocycles. The Morgan fingerprint density at radius 1 is 1.48 bits per heavy atom. The van der Waals surface area contributed by atoms with Crippen LogP contribution in [0.25, 0.3) is 0 Å². The van der Waals surface area contributed by atoms with Crippen LogP contribution in [0.15, 0.2) is 24.4 Å². The fourth-order valence-electron chi connectivity index (χ4n) is 1.74. The van der Waals surface area contributed by atoms with Gasteiger partial charge < -0.3 is 5.32 Å². The highest BCUT2D eigenvalue weighted by atomic mass is 19.1. The van der Waals surface area contributed by atoms with Crippen LogP contribution >= 0.6 is 0 Å². The van der Waals surface area contributed by atoms with Gasteiger partial charge in [-0.15, -0.1) is 0 Å². The third-order valence-electron chi connectivity index (χ3n) is 3.00. The average Bonchev–Trinajstić information content (AvgIpc) is 2.82. The molecule has 1 heterocycles. The molecule has 1 amide bonds. The van der Waals surface area contributed by atoms with Crippen molar-refractivity contribution in [3.63, 3.8) is 0 Å². The molecule has 2 aromatic rings. The summed E-state index contributed by atoms with van der Waals surface area (Å²) < 4.78 is 27.6. The molecular formula is C14H12F2N4O. The Hall–Kier alpha value is -2.75. The summed E-state index contributed by atoms with van der Waals surface area (Å²) in [5.41, 5.74) is 0.755. The maximum atomic E-state index is 13.5. The van der Waals surface area contributed by atoms with Crippen molar-refractivity contribution in [3.05, 3.63) is 47.3 Å². The number of nitrogens with zero attached hydrogens (tertiary/aromatic N) is 3. The van der Waals surface area contributed by atoms with Crippen LogP contribution in [0.3, 0.4) is 0 Å².